The number of hydrogen-bond acceptors (Lipinski definition) is 4. The fourth-order valence-corrected chi connectivity index (χ4v) is 5.72. The van der Waals surface area contributed by atoms with Crippen LogP contribution in [0.5, 0.6) is 5.88 Å². The molecule has 3 atom stereocenters. The minimum atomic E-state index is -0.746. The number of aromatic nitrogens is 1. The highest BCUT2D eigenvalue weighted by molar-refractivity contribution is 6.30. The number of hydrogen-bond donors (Lipinski definition) is 1. The molecule has 1 aliphatic heterocycles. The first-order valence-electron chi connectivity index (χ1n) is 11.7. The van der Waals surface area contributed by atoms with E-state index >= 15 is 0 Å². The quantitative estimate of drug-likeness (QED) is 0.372. The lowest BCUT2D eigenvalue weighted by Gasteiger charge is -2.52. The van der Waals surface area contributed by atoms with Gasteiger partial charge >= 0.3 is 0 Å². The maximum absolute atomic E-state index is 14.3. The first kappa shape index (κ1) is 24.6. The van der Waals surface area contributed by atoms with Crippen molar-refractivity contribution in [2.24, 2.45) is 5.41 Å². The third kappa shape index (κ3) is 4.82. The van der Waals surface area contributed by atoms with Crippen molar-refractivity contribution in [1.82, 2.24) is 10.1 Å². The van der Waals surface area contributed by atoms with Gasteiger partial charge in [0.15, 0.2) is 0 Å². The van der Waals surface area contributed by atoms with Gasteiger partial charge in [0.2, 0.25) is 5.91 Å². The molecule has 0 spiro atoms. The second-order valence-electron chi connectivity index (χ2n) is 9.43. The molecule has 180 valence electrons. The highest BCUT2D eigenvalue weighted by atomic mass is 35.5. The van der Waals surface area contributed by atoms with Gasteiger partial charge in [0, 0.05) is 34.5 Å². The summed E-state index contributed by atoms with van der Waals surface area (Å²) in [6, 6.07) is 17.1. The topological polar surface area (TPSA) is 66.6 Å². The fraction of sp³-hybridized carbons (Fsp3) is 0.407. The summed E-state index contributed by atoms with van der Waals surface area (Å²) in [6.45, 7) is 6.23. The lowest BCUT2D eigenvalue weighted by molar-refractivity contribution is -0.155. The second kappa shape index (κ2) is 10.0. The molecule has 1 N–H and O–H groups in total. The number of nitrogens with zero attached hydrogens (tertiary/aromatic N) is 2. The molecule has 1 fully saturated rings. The van der Waals surface area contributed by atoms with Gasteiger partial charge in [-0.1, -0.05) is 68.2 Å². The largest absolute Gasteiger partial charge is 0.491 e. The monoisotopic (exact) mass is 500 g/mol. The first-order valence-corrected chi connectivity index (χ1v) is 12.5. The molecule has 7 heteroatoms. The number of carbonyl (C=O) groups excluding carboxylic acids is 1. The summed E-state index contributed by atoms with van der Waals surface area (Å²) in [4.78, 5) is 16.3. The van der Waals surface area contributed by atoms with Crippen molar-refractivity contribution in [2.45, 2.75) is 64.5 Å². The summed E-state index contributed by atoms with van der Waals surface area (Å²) in [5.74, 6) is 0.395. The molecule has 5 nitrogen and oxygen atoms in total. The number of benzene rings is 2. The molecular weight excluding hydrogens is 471 g/mol. The Morgan fingerprint density at radius 3 is 2.38 bits per heavy atom. The van der Waals surface area contributed by atoms with Crippen molar-refractivity contribution < 1.29 is 14.4 Å². The van der Waals surface area contributed by atoms with Crippen LogP contribution in [0, 0.1) is 5.41 Å². The van der Waals surface area contributed by atoms with E-state index in [1.807, 2.05) is 49.4 Å². The van der Waals surface area contributed by atoms with E-state index in [0.717, 1.165) is 24.0 Å². The van der Waals surface area contributed by atoms with Crippen LogP contribution < -0.4 is 0 Å². The van der Waals surface area contributed by atoms with Crippen LogP contribution in [-0.4, -0.2) is 27.1 Å². The molecule has 2 heterocycles. The Balaban J connectivity index is 1.87. The van der Waals surface area contributed by atoms with Crippen LogP contribution in [0.4, 0.5) is 0 Å². The molecule has 0 bridgehead atoms. The number of halogens is 2. The van der Waals surface area contributed by atoms with Crippen LogP contribution in [0.2, 0.25) is 10.0 Å². The van der Waals surface area contributed by atoms with E-state index in [0.29, 0.717) is 28.6 Å². The van der Waals surface area contributed by atoms with E-state index < -0.39 is 5.41 Å². The van der Waals surface area contributed by atoms with E-state index in [-0.39, 0.29) is 29.8 Å². The molecule has 2 aromatic carbocycles. The summed E-state index contributed by atoms with van der Waals surface area (Å²) in [7, 11) is 0. The predicted octanol–water partition coefficient (Wildman–Crippen LogP) is 7.18. The van der Waals surface area contributed by atoms with Gasteiger partial charge in [-0.05, 0) is 59.8 Å². The first-order chi connectivity index (χ1) is 16.3. The van der Waals surface area contributed by atoms with Crippen LogP contribution in [0.3, 0.4) is 0 Å². The maximum atomic E-state index is 14.3. The van der Waals surface area contributed by atoms with E-state index in [1.165, 1.54) is 6.07 Å². The molecule has 1 aromatic heterocycles. The fourth-order valence-electron chi connectivity index (χ4n) is 5.40. The molecule has 3 unspecified atom stereocenters. The molecule has 1 aliphatic rings. The smallest absolute Gasteiger partial charge is 0.251 e. The zero-order valence-electron chi connectivity index (χ0n) is 19.7. The van der Waals surface area contributed by atoms with Crippen molar-refractivity contribution in [3.63, 3.8) is 0 Å². The minimum Gasteiger partial charge on any atom is -0.491 e. The van der Waals surface area contributed by atoms with Crippen molar-refractivity contribution in [3.8, 4) is 5.88 Å². The van der Waals surface area contributed by atoms with Gasteiger partial charge in [0.1, 0.15) is 5.76 Å². The highest BCUT2D eigenvalue weighted by Crippen LogP contribution is 2.52. The number of piperidine rings is 1. The Bertz CT molecular complexity index is 1140. The van der Waals surface area contributed by atoms with Crippen LogP contribution in [0.1, 0.15) is 68.9 Å². The average molecular weight is 501 g/mol. The van der Waals surface area contributed by atoms with Gasteiger partial charge in [-0.3, -0.25) is 4.79 Å². The van der Waals surface area contributed by atoms with Gasteiger partial charge in [-0.2, -0.15) is 0 Å². The number of carbonyl (C=O) groups is 1. The Morgan fingerprint density at radius 1 is 1.09 bits per heavy atom. The van der Waals surface area contributed by atoms with E-state index in [9.17, 15) is 9.90 Å². The summed E-state index contributed by atoms with van der Waals surface area (Å²) in [6.07, 6.45) is 2.62. The SMILES string of the molecule is CCC(CC)N1C(=O)C(C)(Cc2cc(O)no2)CC(c2cccc(Cl)c2)C1c1ccc(Cl)cc1. The zero-order chi connectivity index (χ0) is 24.5. The Labute approximate surface area is 210 Å². The van der Waals surface area contributed by atoms with Crippen LogP contribution >= 0.6 is 23.2 Å². The number of aromatic hydroxyl groups is 1. The van der Waals surface area contributed by atoms with Gasteiger partial charge < -0.3 is 14.5 Å². The summed E-state index contributed by atoms with van der Waals surface area (Å²) in [5, 5.41) is 14.6. The average Bonchev–Trinajstić information content (AvgIpc) is 3.22. The third-order valence-corrected chi connectivity index (χ3v) is 7.52. The number of likely N-dealkylation sites (tertiary alicyclic amines) is 1. The standard InChI is InChI=1S/C27H30Cl2N2O3/c1-4-21(5-2)31-25(17-9-11-19(28)12-10-17)23(18-7-6-8-20(29)13-18)16-27(3,26(31)33)15-22-14-24(32)30-34-22/h6-14,21,23,25H,4-5,15-16H2,1-3H3,(H,30,32). The van der Waals surface area contributed by atoms with E-state index in [2.05, 4.69) is 30.0 Å². The Morgan fingerprint density at radius 2 is 1.79 bits per heavy atom. The van der Waals surface area contributed by atoms with Gasteiger partial charge in [-0.15, -0.1) is 0 Å². The van der Waals surface area contributed by atoms with Crippen LogP contribution in [-0.2, 0) is 11.2 Å². The van der Waals surface area contributed by atoms with Crippen molar-refractivity contribution >= 4 is 29.1 Å². The molecule has 0 aliphatic carbocycles. The van der Waals surface area contributed by atoms with Gasteiger partial charge in [0.25, 0.3) is 5.88 Å². The summed E-state index contributed by atoms with van der Waals surface area (Å²) in [5.41, 5.74) is 1.39. The lowest BCUT2D eigenvalue weighted by atomic mass is 9.66. The van der Waals surface area contributed by atoms with Crippen molar-refractivity contribution in [2.75, 3.05) is 0 Å². The predicted molar refractivity (Wildman–Crippen MR) is 134 cm³/mol. The number of amides is 1. The molecule has 0 radical (unpaired) electrons. The molecule has 1 amide bonds. The maximum Gasteiger partial charge on any atom is 0.251 e. The number of rotatable bonds is 7. The molecule has 34 heavy (non-hydrogen) atoms. The molecule has 3 aromatic rings. The van der Waals surface area contributed by atoms with Gasteiger partial charge in [0.05, 0.1) is 11.5 Å². The normalized spacial score (nSPS) is 23.0. The van der Waals surface area contributed by atoms with Crippen LogP contribution in [0.25, 0.3) is 0 Å². The molecule has 4 rings (SSSR count). The Kier molecular flexibility index (Phi) is 7.25. The van der Waals surface area contributed by atoms with Crippen molar-refractivity contribution in [3.05, 3.63) is 81.5 Å². The van der Waals surface area contributed by atoms with E-state index in [1.54, 1.807) is 0 Å². The minimum absolute atomic E-state index is 0.000283. The molecule has 0 saturated carbocycles. The van der Waals surface area contributed by atoms with Crippen LogP contribution in [0.15, 0.2) is 59.1 Å². The highest BCUT2D eigenvalue weighted by Gasteiger charge is 2.51. The summed E-state index contributed by atoms with van der Waals surface area (Å²) >= 11 is 12.6. The zero-order valence-corrected chi connectivity index (χ0v) is 21.2. The van der Waals surface area contributed by atoms with Crippen molar-refractivity contribution in [1.29, 1.82) is 0 Å². The molecule has 1 saturated heterocycles. The second-order valence-corrected chi connectivity index (χ2v) is 10.3. The lowest BCUT2D eigenvalue weighted by Crippen LogP contribution is -2.56. The Hall–Kier alpha value is -2.50. The molecular formula is C27H30Cl2N2O3. The van der Waals surface area contributed by atoms with Gasteiger partial charge in [-0.25, -0.2) is 0 Å². The third-order valence-electron chi connectivity index (χ3n) is 7.04. The summed E-state index contributed by atoms with van der Waals surface area (Å²) < 4.78 is 5.31. The van der Waals surface area contributed by atoms with E-state index in [4.69, 9.17) is 27.7 Å².